The number of nitrogens with zero attached hydrogens (tertiary/aromatic N) is 4. The van der Waals surface area contributed by atoms with E-state index >= 15 is 0 Å². The lowest BCUT2D eigenvalue weighted by Crippen LogP contribution is -2.49. The predicted octanol–water partition coefficient (Wildman–Crippen LogP) is 5.12. The van der Waals surface area contributed by atoms with Gasteiger partial charge in [-0.15, -0.1) is 10.2 Å². The van der Waals surface area contributed by atoms with Crippen LogP contribution in [0.25, 0.3) is 11.3 Å². The molecule has 3 aromatic rings. The Hall–Kier alpha value is -1.91. The third-order valence-corrected chi connectivity index (χ3v) is 8.20. The summed E-state index contributed by atoms with van der Waals surface area (Å²) in [7, 11) is -3.70. The quantitative estimate of drug-likeness (QED) is 0.408. The Morgan fingerprint density at radius 1 is 1.00 bits per heavy atom. The number of aromatic nitrogens is 2. The van der Waals surface area contributed by atoms with E-state index in [0.717, 1.165) is 5.56 Å². The summed E-state index contributed by atoms with van der Waals surface area (Å²) in [5.74, 6) is 1.03. The first-order valence-corrected chi connectivity index (χ1v) is 13.2. The van der Waals surface area contributed by atoms with Crippen LogP contribution in [0.1, 0.15) is 6.92 Å². The molecule has 0 bridgehead atoms. The molecule has 1 aliphatic heterocycles. The number of ether oxygens (including phenoxy) is 1. The van der Waals surface area contributed by atoms with Crippen LogP contribution in [0, 0.1) is 0 Å². The van der Waals surface area contributed by atoms with Crippen molar-refractivity contribution in [3.63, 3.8) is 0 Å². The number of sulfonamides is 1. The van der Waals surface area contributed by atoms with Gasteiger partial charge in [-0.25, -0.2) is 8.42 Å². The number of benzene rings is 2. The summed E-state index contributed by atoms with van der Waals surface area (Å²) in [6, 6.07) is 13.9. The molecule has 2 aromatic carbocycles. The number of halogens is 3. The van der Waals surface area contributed by atoms with Gasteiger partial charge in [0.1, 0.15) is 10.6 Å². The number of hydrogen-bond acceptors (Lipinski definition) is 6. The number of hydrogen-bond donors (Lipinski definition) is 0. The average Bonchev–Trinajstić information content (AvgIpc) is 2.81. The zero-order valence-electron chi connectivity index (χ0n) is 17.7. The first-order chi connectivity index (χ1) is 15.8. The van der Waals surface area contributed by atoms with Crippen LogP contribution in [0.3, 0.4) is 0 Å². The van der Waals surface area contributed by atoms with Gasteiger partial charge in [-0.2, -0.15) is 4.31 Å². The van der Waals surface area contributed by atoms with E-state index in [-0.39, 0.29) is 4.90 Å². The molecule has 0 aliphatic carbocycles. The van der Waals surface area contributed by atoms with Gasteiger partial charge in [-0.1, -0.05) is 39.1 Å². The molecule has 0 atom stereocenters. The molecule has 0 radical (unpaired) electrons. The van der Waals surface area contributed by atoms with E-state index in [1.807, 2.05) is 24.0 Å². The summed E-state index contributed by atoms with van der Waals surface area (Å²) < 4.78 is 34.3. The lowest BCUT2D eigenvalue weighted by Gasteiger charge is -2.34. The van der Waals surface area contributed by atoms with E-state index in [1.54, 1.807) is 36.4 Å². The third-order valence-electron chi connectivity index (χ3n) is 5.24. The highest BCUT2D eigenvalue weighted by molar-refractivity contribution is 9.10. The molecular formula is C22H21BrCl2N4O3S. The van der Waals surface area contributed by atoms with Gasteiger partial charge >= 0.3 is 0 Å². The molecular weight excluding hydrogens is 551 g/mol. The Kier molecular flexibility index (Phi) is 7.45. The van der Waals surface area contributed by atoms with E-state index in [9.17, 15) is 8.42 Å². The van der Waals surface area contributed by atoms with E-state index < -0.39 is 10.0 Å². The van der Waals surface area contributed by atoms with Crippen molar-refractivity contribution in [3.05, 3.63) is 63.0 Å². The van der Waals surface area contributed by atoms with E-state index in [4.69, 9.17) is 27.9 Å². The van der Waals surface area contributed by atoms with Gasteiger partial charge in [-0.3, -0.25) is 0 Å². The van der Waals surface area contributed by atoms with Gasteiger partial charge in [-0.05, 0) is 55.5 Å². The highest BCUT2D eigenvalue weighted by Gasteiger charge is 2.31. The minimum Gasteiger partial charge on any atom is -0.492 e. The van der Waals surface area contributed by atoms with Crippen LogP contribution in [-0.4, -0.2) is 55.7 Å². The van der Waals surface area contributed by atoms with Crippen LogP contribution in [0.4, 0.5) is 5.82 Å². The van der Waals surface area contributed by atoms with E-state index in [0.29, 0.717) is 64.6 Å². The molecule has 4 rings (SSSR count). The van der Waals surface area contributed by atoms with Crippen molar-refractivity contribution in [2.24, 2.45) is 0 Å². The van der Waals surface area contributed by atoms with Crippen LogP contribution in [-0.2, 0) is 10.0 Å². The Morgan fingerprint density at radius 2 is 1.76 bits per heavy atom. The monoisotopic (exact) mass is 570 g/mol. The minimum absolute atomic E-state index is 0.163. The Labute approximate surface area is 211 Å². The summed E-state index contributed by atoms with van der Waals surface area (Å²) in [4.78, 5) is 2.17. The second kappa shape index (κ2) is 10.1. The topological polar surface area (TPSA) is 75.6 Å². The highest BCUT2D eigenvalue weighted by atomic mass is 79.9. The zero-order valence-corrected chi connectivity index (χ0v) is 21.6. The molecule has 0 spiro atoms. The van der Waals surface area contributed by atoms with E-state index in [2.05, 4.69) is 26.1 Å². The van der Waals surface area contributed by atoms with Crippen molar-refractivity contribution in [2.75, 3.05) is 37.7 Å². The summed E-state index contributed by atoms with van der Waals surface area (Å²) in [6.07, 6.45) is 0. The molecule has 0 unspecified atom stereocenters. The van der Waals surface area contributed by atoms with Crippen LogP contribution in [0.15, 0.2) is 57.9 Å². The van der Waals surface area contributed by atoms with Crippen LogP contribution >= 0.6 is 39.1 Å². The van der Waals surface area contributed by atoms with Gasteiger partial charge in [0, 0.05) is 41.2 Å². The predicted molar refractivity (Wildman–Crippen MR) is 134 cm³/mol. The molecule has 1 aliphatic rings. The molecule has 11 heteroatoms. The molecule has 1 aromatic heterocycles. The molecule has 33 heavy (non-hydrogen) atoms. The lowest BCUT2D eigenvalue weighted by molar-refractivity contribution is 0.327. The fraction of sp³-hybridized carbons (Fsp3) is 0.273. The van der Waals surface area contributed by atoms with Crippen LogP contribution in [0.5, 0.6) is 5.75 Å². The molecule has 0 amide bonds. The summed E-state index contributed by atoms with van der Waals surface area (Å²) in [5.41, 5.74) is 1.38. The highest BCUT2D eigenvalue weighted by Crippen LogP contribution is 2.32. The van der Waals surface area contributed by atoms with Gasteiger partial charge < -0.3 is 9.64 Å². The summed E-state index contributed by atoms with van der Waals surface area (Å²) >= 11 is 15.6. The van der Waals surface area contributed by atoms with Crippen LogP contribution < -0.4 is 9.64 Å². The zero-order chi connectivity index (χ0) is 23.6. The Bertz CT molecular complexity index is 1250. The number of piperazine rings is 1. The molecule has 0 N–H and O–H groups in total. The van der Waals surface area contributed by atoms with E-state index in [1.165, 1.54) is 4.31 Å². The van der Waals surface area contributed by atoms with Gasteiger partial charge in [0.25, 0.3) is 0 Å². The smallest absolute Gasteiger partial charge is 0.246 e. The number of rotatable bonds is 6. The molecule has 174 valence electrons. The maximum atomic E-state index is 13.3. The van der Waals surface area contributed by atoms with Gasteiger partial charge in [0.2, 0.25) is 10.0 Å². The van der Waals surface area contributed by atoms with Crippen molar-refractivity contribution < 1.29 is 13.2 Å². The second-order valence-electron chi connectivity index (χ2n) is 7.32. The SMILES string of the molecule is CCOc1ccc(Br)cc1S(=O)(=O)N1CCN(c2ccc(-c3ccc(Cl)cc3Cl)nn2)CC1. The van der Waals surface area contributed by atoms with Gasteiger partial charge in [0.05, 0.1) is 17.3 Å². The Morgan fingerprint density at radius 3 is 2.39 bits per heavy atom. The summed E-state index contributed by atoms with van der Waals surface area (Å²) in [6.45, 7) is 3.85. The lowest BCUT2D eigenvalue weighted by atomic mass is 10.1. The molecule has 1 saturated heterocycles. The van der Waals surface area contributed by atoms with Gasteiger partial charge in [0.15, 0.2) is 5.82 Å². The fourth-order valence-electron chi connectivity index (χ4n) is 3.59. The van der Waals surface area contributed by atoms with Crippen molar-refractivity contribution in [1.29, 1.82) is 0 Å². The Balaban J connectivity index is 1.47. The average molecular weight is 572 g/mol. The minimum atomic E-state index is -3.70. The second-order valence-corrected chi connectivity index (χ2v) is 11.0. The standard InChI is InChI=1S/C22H21BrCl2N4O3S/c1-2-32-20-7-3-15(23)13-21(20)33(30,31)29-11-9-28(10-12-29)22-8-6-19(26-27-22)17-5-4-16(24)14-18(17)25/h3-8,13-14H,2,9-12H2,1H3. The molecule has 2 heterocycles. The third kappa shape index (κ3) is 5.27. The first-order valence-electron chi connectivity index (χ1n) is 10.3. The van der Waals surface area contributed by atoms with Crippen LogP contribution in [0.2, 0.25) is 10.0 Å². The normalized spacial score (nSPS) is 15.0. The van der Waals surface area contributed by atoms with Crippen molar-refractivity contribution in [1.82, 2.24) is 14.5 Å². The summed E-state index contributed by atoms with van der Waals surface area (Å²) in [5, 5.41) is 9.68. The maximum Gasteiger partial charge on any atom is 0.246 e. The molecule has 7 nitrogen and oxygen atoms in total. The first kappa shape index (κ1) is 24.2. The molecule has 1 fully saturated rings. The van der Waals surface area contributed by atoms with Crippen molar-refractivity contribution in [2.45, 2.75) is 11.8 Å². The van der Waals surface area contributed by atoms with Crippen molar-refractivity contribution >= 4 is 55.0 Å². The maximum absolute atomic E-state index is 13.3. The van der Waals surface area contributed by atoms with Crippen molar-refractivity contribution in [3.8, 4) is 17.0 Å². The number of anilines is 1. The molecule has 0 saturated carbocycles. The fourth-order valence-corrected chi connectivity index (χ4v) is 6.19. The largest absolute Gasteiger partial charge is 0.492 e.